The Balaban J connectivity index is 1.94. The summed E-state index contributed by atoms with van der Waals surface area (Å²) < 4.78 is 0. The van der Waals surface area contributed by atoms with Crippen molar-refractivity contribution in [3.8, 4) is 0 Å². The van der Waals surface area contributed by atoms with E-state index in [4.69, 9.17) is 0 Å². The highest BCUT2D eigenvalue weighted by Crippen LogP contribution is 2.22. The van der Waals surface area contributed by atoms with E-state index in [9.17, 15) is 9.59 Å². The van der Waals surface area contributed by atoms with Crippen LogP contribution in [-0.2, 0) is 16.0 Å². The van der Waals surface area contributed by atoms with Crippen LogP contribution in [0.15, 0.2) is 34.5 Å². The van der Waals surface area contributed by atoms with Gasteiger partial charge in [0.25, 0.3) is 0 Å². The lowest BCUT2D eigenvalue weighted by molar-refractivity contribution is -0.123. The van der Waals surface area contributed by atoms with Gasteiger partial charge >= 0.3 is 0 Å². The van der Waals surface area contributed by atoms with Crippen molar-refractivity contribution in [3.63, 3.8) is 0 Å². The van der Waals surface area contributed by atoms with Gasteiger partial charge < -0.3 is 10.6 Å². The Labute approximate surface area is 150 Å². The maximum atomic E-state index is 12.1. The van der Waals surface area contributed by atoms with E-state index in [0.29, 0.717) is 10.8 Å². The molecule has 7 heteroatoms. The van der Waals surface area contributed by atoms with Gasteiger partial charge in [-0.2, -0.15) is 0 Å². The van der Waals surface area contributed by atoms with Crippen LogP contribution in [0, 0.1) is 5.41 Å². The molecule has 0 spiro atoms. The number of carbonyl (C=O) groups excluding carboxylic acids is 2. The van der Waals surface area contributed by atoms with Gasteiger partial charge in [-0.1, -0.05) is 26.8 Å². The normalized spacial score (nSPS) is 11.2. The van der Waals surface area contributed by atoms with E-state index in [-0.39, 0.29) is 18.2 Å². The number of anilines is 2. The zero-order valence-electron chi connectivity index (χ0n) is 14.2. The Morgan fingerprint density at radius 3 is 2.67 bits per heavy atom. The van der Waals surface area contributed by atoms with Gasteiger partial charge in [0.2, 0.25) is 11.8 Å². The molecule has 0 radical (unpaired) electrons. The van der Waals surface area contributed by atoms with Crippen molar-refractivity contribution in [3.05, 3.63) is 35.3 Å². The Bertz CT molecular complexity index is 735. The van der Waals surface area contributed by atoms with E-state index in [1.807, 2.05) is 51.3 Å². The van der Waals surface area contributed by atoms with Gasteiger partial charge in [0.15, 0.2) is 5.13 Å². The molecule has 0 saturated carbocycles. The third kappa shape index (κ3) is 5.35. The highest BCUT2D eigenvalue weighted by Gasteiger charge is 2.22. The van der Waals surface area contributed by atoms with E-state index < -0.39 is 5.41 Å². The lowest BCUT2D eigenvalue weighted by atomic mass is 9.96. The van der Waals surface area contributed by atoms with Crippen LogP contribution in [0.3, 0.4) is 0 Å². The maximum Gasteiger partial charge on any atom is 0.231 e. The number of thioether (sulfide) groups is 1. The minimum atomic E-state index is -0.481. The number of amides is 2. The lowest BCUT2D eigenvalue weighted by Crippen LogP contribution is -2.27. The summed E-state index contributed by atoms with van der Waals surface area (Å²) in [4.78, 5) is 29.5. The molecule has 0 fully saturated rings. The minimum absolute atomic E-state index is 0.0956. The zero-order valence-corrected chi connectivity index (χ0v) is 15.8. The SMILES string of the molecule is CSc1cccc(NC(=O)Cc2csc(NC(=O)C(C)(C)C)n2)c1. The first-order valence-corrected chi connectivity index (χ1v) is 9.58. The average molecular weight is 364 g/mol. The second-order valence-electron chi connectivity index (χ2n) is 6.31. The summed E-state index contributed by atoms with van der Waals surface area (Å²) in [6, 6.07) is 7.68. The Morgan fingerprint density at radius 1 is 1.25 bits per heavy atom. The standard InChI is InChI=1S/C17H21N3O2S2/c1-17(2,3)15(22)20-16-19-12(10-24-16)9-14(21)18-11-6-5-7-13(8-11)23-4/h5-8,10H,9H2,1-4H3,(H,18,21)(H,19,20,22). The van der Waals surface area contributed by atoms with Gasteiger partial charge in [-0.05, 0) is 24.5 Å². The molecule has 2 rings (SSSR count). The van der Waals surface area contributed by atoms with Gasteiger partial charge in [0.05, 0.1) is 12.1 Å². The summed E-state index contributed by atoms with van der Waals surface area (Å²) in [5, 5.41) is 7.94. The number of rotatable bonds is 5. The summed E-state index contributed by atoms with van der Waals surface area (Å²) in [6.45, 7) is 5.52. The fourth-order valence-electron chi connectivity index (χ4n) is 1.80. The van der Waals surface area contributed by atoms with Crippen molar-refractivity contribution in [2.45, 2.75) is 32.1 Å². The van der Waals surface area contributed by atoms with Crippen LogP contribution < -0.4 is 10.6 Å². The largest absolute Gasteiger partial charge is 0.326 e. The van der Waals surface area contributed by atoms with Gasteiger partial charge in [0.1, 0.15) is 0 Å². The molecule has 1 heterocycles. The molecule has 0 saturated heterocycles. The molecule has 0 atom stereocenters. The smallest absolute Gasteiger partial charge is 0.231 e. The second-order valence-corrected chi connectivity index (χ2v) is 8.04. The van der Waals surface area contributed by atoms with E-state index in [1.54, 1.807) is 17.1 Å². The molecule has 0 unspecified atom stereocenters. The van der Waals surface area contributed by atoms with Gasteiger partial charge in [-0.25, -0.2) is 4.98 Å². The number of benzene rings is 1. The second kappa shape index (κ2) is 7.81. The third-order valence-corrected chi connectivity index (χ3v) is 4.68. The molecule has 0 aliphatic heterocycles. The van der Waals surface area contributed by atoms with Crippen molar-refractivity contribution < 1.29 is 9.59 Å². The first kappa shape index (κ1) is 18.5. The van der Waals surface area contributed by atoms with Gasteiger partial charge in [-0.15, -0.1) is 23.1 Å². The minimum Gasteiger partial charge on any atom is -0.326 e. The predicted octanol–water partition coefficient (Wildman–Crippen LogP) is 4.03. The van der Waals surface area contributed by atoms with Crippen LogP contribution in [0.2, 0.25) is 0 Å². The summed E-state index contributed by atoms with van der Waals surface area (Å²) in [6.07, 6.45) is 2.16. The molecular formula is C17H21N3O2S2. The van der Waals surface area contributed by atoms with Crippen molar-refractivity contribution in [1.29, 1.82) is 0 Å². The zero-order chi connectivity index (χ0) is 17.7. The molecule has 2 aromatic rings. The fraction of sp³-hybridized carbons (Fsp3) is 0.353. The predicted molar refractivity (Wildman–Crippen MR) is 101 cm³/mol. The van der Waals surface area contributed by atoms with Gasteiger partial charge in [-0.3, -0.25) is 9.59 Å². The van der Waals surface area contributed by atoms with Crippen molar-refractivity contribution in [2.24, 2.45) is 5.41 Å². The molecule has 2 amide bonds. The molecule has 24 heavy (non-hydrogen) atoms. The number of thiazole rings is 1. The average Bonchev–Trinajstić information content (AvgIpc) is 2.93. The van der Waals surface area contributed by atoms with E-state index in [1.165, 1.54) is 11.3 Å². The van der Waals surface area contributed by atoms with Crippen LogP contribution in [0.5, 0.6) is 0 Å². The topological polar surface area (TPSA) is 71.1 Å². The maximum absolute atomic E-state index is 12.1. The summed E-state index contributed by atoms with van der Waals surface area (Å²) >= 11 is 2.94. The van der Waals surface area contributed by atoms with E-state index in [2.05, 4.69) is 15.6 Å². The number of hydrogen-bond donors (Lipinski definition) is 2. The summed E-state index contributed by atoms with van der Waals surface area (Å²) in [7, 11) is 0. The number of nitrogens with one attached hydrogen (secondary N) is 2. The number of hydrogen-bond acceptors (Lipinski definition) is 5. The number of aromatic nitrogens is 1. The lowest BCUT2D eigenvalue weighted by Gasteiger charge is -2.15. The third-order valence-electron chi connectivity index (χ3n) is 3.15. The summed E-state index contributed by atoms with van der Waals surface area (Å²) in [5.74, 6) is -0.228. The molecule has 1 aromatic heterocycles. The molecule has 1 aromatic carbocycles. The summed E-state index contributed by atoms with van der Waals surface area (Å²) in [5.41, 5.74) is 0.928. The van der Waals surface area contributed by atoms with Crippen LogP contribution in [0.1, 0.15) is 26.5 Å². The van der Waals surface area contributed by atoms with Crippen LogP contribution in [0.4, 0.5) is 10.8 Å². The van der Waals surface area contributed by atoms with Crippen molar-refractivity contribution >= 4 is 45.7 Å². The molecule has 0 aliphatic rings. The first-order chi connectivity index (χ1) is 11.3. The van der Waals surface area contributed by atoms with Crippen molar-refractivity contribution in [2.75, 3.05) is 16.9 Å². The quantitative estimate of drug-likeness (QED) is 0.787. The highest BCUT2D eigenvalue weighted by molar-refractivity contribution is 7.98. The molecule has 5 nitrogen and oxygen atoms in total. The van der Waals surface area contributed by atoms with Crippen LogP contribution >= 0.6 is 23.1 Å². The molecule has 2 N–H and O–H groups in total. The first-order valence-electron chi connectivity index (χ1n) is 7.47. The monoisotopic (exact) mass is 363 g/mol. The Morgan fingerprint density at radius 2 is 2.00 bits per heavy atom. The molecular weight excluding hydrogens is 342 g/mol. The Kier molecular flexibility index (Phi) is 6.01. The Hall–Kier alpha value is -1.86. The molecule has 0 bridgehead atoms. The molecule has 128 valence electrons. The van der Waals surface area contributed by atoms with Gasteiger partial charge in [0, 0.05) is 21.4 Å². The van der Waals surface area contributed by atoms with Crippen molar-refractivity contribution in [1.82, 2.24) is 4.98 Å². The number of carbonyl (C=O) groups is 2. The number of nitrogens with zero attached hydrogens (tertiary/aromatic N) is 1. The van der Waals surface area contributed by atoms with Crippen LogP contribution in [0.25, 0.3) is 0 Å². The highest BCUT2D eigenvalue weighted by atomic mass is 32.2. The van der Waals surface area contributed by atoms with E-state index in [0.717, 1.165) is 10.6 Å². The fourth-order valence-corrected chi connectivity index (χ4v) is 2.97. The molecule has 0 aliphatic carbocycles. The van der Waals surface area contributed by atoms with Crippen LogP contribution in [-0.4, -0.2) is 23.1 Å². The van der Waals surface area contributed by atoms with E-state index >= 15 is 0 Å².